The Morgan fingerprint density at radius 3 is 3.00 bits per heavy atom. The van der Waals surface area contributed by atoms with Crippen LogP contribution in [0.4, 0.5) is 0 Å². The quantitative estimate of drug-likeness (QED) is 0.688. The fourth-order valence-corrected chi connectivity index (χ4v) is 0.978. The lowest BCUT2D eigenvalue weighted by Gasteiger charge is -2.05. The van der Waals surface area contributed by atoms with Crippen molar-refractivity contribution in [1.82, 2.24) is 5.32 Å². The second-order valence-corrected chi connectivity index (χ2v) is 2.47. The van der Waals surface area contributed by atoms with Crippen LogP contribution in [-0.4, -0.2) is 13.6 Å². The highest BCUT2D eigenvalue weighted by molar-refractivity contribution is 5.04. The van der Waals surface area contributed by atoms with E-state index in [-0.39, 0.29) is 0 Å². The third-order valence-corrected chi connectivity index (χ3v) is 1.54. The smallest absolute Gasteiger partial charge is 0.107 e. The first-order valence-corrected chi connectivity index (χ1v) is 3.52. The molecule has 1 aromatic heterocycles. The highest BCUT2D eigenvalue weighted by atomic mass is 16.3. The zero-order valence-corrected chi connectivity index (χ0v) is 6.42. The molecule has 0 saturated carbocycles. The average Bonchev–Trinajstić information content (AvgIpc) is 2.38. The Bertz CT molecular complexity index is 169. The lowest BCUT2D eigenvalue weighted by molar-refractivity contribution is 0.466. The third-order valence-electron chi connectivity index (χ3n) is 1.54. The van der Waals surface area contributed by atoms with Gasteiger partial charge in [0.1, 0.15) is 5.76 Å². The maximum Gasteiger partial charge on any atom is 0.107 e. The van der Waals surface area contributed by atoms with Crippen LogP contribution in [0.3, 0.4) is 0 Å². The first-order chi connectivity index (χ1) is 4.84. The fourth-order valence-electron chi connectivity index (χ4n) is 0.978. The predicted molar refractivity (Wildman–Crippen MR) is 41.0 cm³/mol. The Morgan fingerprint density at radius 1 is 1.70 bits per heavy atom. The van der Waals surface area contributed by atoms with Crippen LogP contribution in [0.5, 0.6) is 0 Å². The van der Waals surface area contributed by atoms with Crippen molar-refractivity contribution in [2.24, 2.45) is 0 Å². The molecule has 0 spiro atoms. The summed E-state index contributed by atoms with van der Waals surface area (Å²) in [6.45, 7) is 3.10. The van der Waals surface area contributed by atoms with Gasteiger partial charge in [-0.2, -0.15) is 0 Å². The molecule has 0 radical (unpaired) electrons. The van der Waals surface area contributed by atoms with Crippen LogP contribution in [-0.2, 0) is 0 Å². The monoisotopic (exact) mass is 139 g/mol. The van der Waals surface area contributed by atoms with E-state index < -0.39 is 0 Å². The molecular formula is C8H13NO. The Hall–Kier alpha value is -0.760. The maximum atomic E-state index is 5.21. The number of hydrogen-bond acceptors (Lipinski definition) is 2. The summed E-state index contributed by atoms with van der Waals surface area (Å²) in [5, 5.41) is 3.10. The molecule has 1 rings (SSSR count). The van der Waals surface area contributed by atoms with Crippen molar-refractivity contribution in [2.75, 3.05) is 13.6 Å². The van der Waals surface area contributed by atoms with Gasteiger partial charge >= 0.3 is 0 Å². The summed E-state index contributed by atoms with van der Waals surface area (Å²) in [6.07, 6.45) is 1.71. The second-order valence-electron chi connectivity index (χ2n) is 2.47. The van der Waals surface area contributed by atoms with E-state index in [4.69, 9.17) is 4.42 Å². The van der Waals surface area contributed by atoms with Crippen LogP contribution in [0.1, 0.15) is 18.6 Å². The lowest BCUT2D eigenvalue weighted by Crippen LogP contribution is -2.13. The van der Waals surface area contributed by atoms with Crippen LogP contribution in [0.2, 0.25) is 0 Å². The standard InChI is InChI=1S/C8H13NO/c1-7(6-9-2)8-4-3-5-10-8/h3-5,7,9H,6H2,1-2H3. The van der Waals surface area contributed by atoms with Crippen LogP contribution in [0, 0.1) is 0 Å². The highest BCUT2D eigenvalue weighted by Gasteiger charge is 2.04. The molecule has 1 aromatic rings. The molecule has 0 aliphatic heterocycles. The van der Waals surface area contributed by atoms with E-state index in [2.05, 4.69) is 12.2 Å². The molecule has 0 aliphatic carbocycles. The summed E-state index contributed by atoms with van der Waals surface area (Å²) < 4.78 is 5.21. The molecule has 10 heavy (non-hydrogen) atoms. The first-order valence-electron chi connectivity index (χ1n) is 3.52. The van der Waals surface area contributed by atoms with E-state index in [1.54, 1.807) is 6.26 Å². The van der Waals surface area contributed by atoms with E-state index in [1.165, 1.54) is 0 Å². The van der Waals surface area contributed by atoms with E-state index in [0.29, 0.717) is 5.92 Å². The highest BCUT2D eigenvalue weighted by Crippen LogP contribution is 2.13. The molecule has 1 atom stereocenters. The summed E-state index contributed by atoms with van der Waals surface area (Å²) >= 11 is 0. The minimum absolute atomic E-state index is 0.472. The molecule has 0 saturated heterocycles. The molecule has 0 aromatic carbocycles. The number of rotatable bonds is 3. The third kappa shape index (κ3) is 1.61. The molecule has 0 aliphatic rings. The van der Waals surface area contributed by atoms with E-state index in [9.17, 15) is 0 Å². The topological polar surface area (TPSA) is 25.2 Å². The van der Waals surface area contributed by atoms with Gasteiger partial charge in [0.05, 0.1) is 6.26 Å². The number of nitrogens with one attached hydrogen (secondary N) is 1. The fraction of sp³-hybridized carbons (Fsp3) is 0.500. The van der Waals surface area contributed by atoms with Crippen molar-refractivity contribution in [3.05, 3.63) is 24.2 Å². The molecular weight excluding hydrogens is 126 g/mol. The Kier molecular flexibility index (Phi) is 2.51. The van der Waals surface area contributed by atoms with Gasteiger partial charge in [-0.1, -0.05) is 6.92 Å². The molecule has 1 N–H and O–H groups in total. The molecule has 2 heteroatoms. The Labute approximate surface area is 61.2 Å². The lowest BCUT2D eigenvalue weighted by atomic mass is 10.1. The minimum atomic E-state index is 0.472. The van der Waals surface area contributed by atoms with Crippen LogP contribution in [0.25, 0.3) is 0 Å². The van der Waals surface area contributed by atoms with Gasteiger partial charge in [-0.05, 0) is 19.2 Å². The SMILES string of the molecule is CNCC(C)c1ccco1. The van der Waals surface area contributed by atoms with Crippen LogP contribution < -0.4 is 5.32 Å². The summed E-state index contributed by atoms with van der Waals surface area (Å²) in [6, 6.07) is 3.92. The molecule has 56 valence electrons. The zero-order chi connectivity index (χ0) is 7.40. The largest absolute Gasteiger partial charge is 0.469 e. The van der Waals surface area contributed by atoms with Crippen molar-refractivity contribution >= 4 is 0 Å². The molecule has 1 heterocycles. The number of furan rings is 1. The van der Waals surface area contributed by atoms with Gasteiger partial charge in [0.2, 0.25) is 0 Å². The number of hydrogen-bond donors (Lipinski definition) is 1. The van der Waals surface area contributed by atoms with Crippen molar-refractivity contribution in [2.45, 2.75) is 12.8 Å². The van der Waals surface area contributed by atoms with E-state index in [0.717, 1.165) is 12.3 Å². The van der Waals surface area contributed by atoms with Gasteiger partial charge in [0, 0.05) is 12.5 Å². The molecule has 0 fully saturated rings. The van der Waals surface area contributed by atoms with Gasteiger partial charge in [-0.3, -0.25) is 0 Å². The Morgan fingerprint density at radius 2 is 2.50 bits per heavy atom. The summed E-state index contributed by atoms with van der Waals surface area (Å²) in [5.74, 6) is 1.52. The summed E-state index contributed by atoms with van der Waals surface area (Å²) in [7, 11) is 1.94. The van der Waals surface area contributed by atoms with Gasteiger partial charge in [0.25, 0.3) is 0 Å². The normalized spacial score (nSPS) is 13.4. The van der Waals surface area contributed by atoms with Crippen LogP contribution >= 0.6 is 0 Å². The maximum absolute atomic E-state index is 5.21. The van der Waals surface area contributed by atoms with Gasteiger partial charge < -0.3 is 9.73 Å². The molecule has 1 unspecified atom stereocenters. The molecule has 0 amide bonds. The second kappa shape index (κ2) is 3.42. The molecule has 2 nitrogen and oxygen atoms in total. The van der Waals surface area contributed by atoms with Gasteiger partial charge in [-0.25, -0.2) is 0 Å². The van der Waals surface area contributed by atoms with E-state index >= 15 is 0 Å². The zero-order valence-electron chi connectivity index (χ0n) is 6.42. The predicted octanol–water partition coefficient (Wildman–Crippen LogP) is 1.60. The molecule has 0 bridgehead atoms. The van der Waals surface area contributed by atoms with Crippen LogP contribution in [0.15, 0.2) is 22.8 Å². The summed E-state index contributed by atoms with van der Waals surface area (Å²) in [4.78, 5) is 0. The van der Waals surface area contributed by atoms with Crippen molar-refractivity contribution in [1.29, 1.82) is 0 Å². The van der Waals surface area contributed by atoms with Crippen molar-refractivity contribution in [3.63, 3.8) is 0 Å². The number of likely N-dealkylation sites (N-methyl/N-ethyl adjacent to an activating group) is 1. The first kappa shape index (κ1) is 7.35. The Balaban J connectivity index is 2.50. The van der Waals surface area contributed by atoms with Gasteiger partial charge in [-0.15, -0.1) is 0 Å². The average molecular weight is 139 g/mol. The van der Waals surface area contributed by atoms with Crippen molar-refractivity contribution < 1.29 is 4.42 Å². The van der Waals surface area contributed by atoms with Crippen molar-refractivity contribution in [3.8, 4) is 0 Å². The summed E-state index contributed by atoms with van der Waals surface area (Å²) in [5.41, 5.74) is 0. The van der Waals surface area contributed by atoms with E-state index in [1.807, 2.05) is 19.2 Å². The minimum Gasteiger partial charge on any atom is -0.469 e. The van der Waals surface area contributed by atoms with Gasteiger partial charge in [0.15, 0.2) is 0 Å².